The number of nitrogens with zero attached hydrogens (tertiary/aromatic N) is 1. The summed E-state index contributed by atoms with van der Waals surface area (Å²) in [5, 5.41) is 10.2. The standard InChI is InChI=1S/C8H17NO2/c1-4-7(3)8(5-2)6-9(10)11/h7-8H,4-6H2,1-3H3/t7-,8+/m1/s1. The molecule has 0 aromatic carbocycles. The van der Waals surface area contributed by atoms with Gasteiger partial charge in [0.15, 0.2) is 0 Å². The van der Waals surface area contributed by atoms with E-state index in [1.165, 1.54) is 0 Å². The topological polar surface area (TPSA) is 43.1 Å². The van der Waals surface area contributed by atoms with E-state index in [9.17, 15) is 10.1 Å². The van der Waals surface area contributed by atoms with Crippen molar-refractivity contribution in [3.8, 4) is 0 Å². The van der Waals surface area contributed by atoms with E-state index in [1.807, 2.05) is 6.92 Å². The van der Waals surface area contributed by atoms with Gasteiger partial charge in [-0.15, -0.1) is 0 Å². The van der Waals surface area contributed by atoms with Crippen molar-refractivity contribution in [2.45, 2.75) is 33.6 Å². The zero-order valence-corrected chi connectivity index (χ0v) is 7.54. The summed E-state index contributed by atoms with van der Waals surface area (Å²) < 4.78 is 0. The van der Waals surface area contributed by atoms with Gasteiger partial charge in [-0.05, 0) is 12.3 Å². The highest BCUT2D eigenvalue weighted by Gasteiger charge is 2.18. The van der Waals surface area contributed by atoms with Crippen LogP contribution in [0, 0.1) is 22.0 Å². The maximum Gasteiger partial charge on any atom is 0.206 e. The molecule has 0 aromatic heterocycles. The molecule has 0 aliphatic rings. The van der Waals surface area contributed by atoms with E-state index in [2.05, 4.69) is 13.8 Å². The van der Waals surface area contributed by atoms with Crippen LogP contribution in [0.15, 0.2) is 0 Å². The molecule has 0 amide bonds. The molecule has 0 aliphatic carbocycles. The first-order chi connectivity index (χ1) is 5.11. The molecule has 0 radical (unpaired) electrons. The molecular weight excluding hydrogens is 142 g/mol. The number of rotatable bonds is 5. The monoisotopic (exact) mass is 159 g/mol. The van der Waals surface area contributed by atoms with E-state index < -0.39 is 0 Å². The molecule has 0 saturated carbocycles. The van der Waals surface area contributed by atoms with E-state index in [4.69, 9.17) is 0 Å². The van der Waals surface area contributed by atoms with E-state index in [1.54, 1.807) is 0 Å². The molecule has 0 spiro atoms. The first-order valence-corrected chi connectivity index (χ1v) is 4.23. The molecule has 0 bridgehead atoms. The van der Waals surface area contributed by atoms with Gasteiger partial charge in [-0.1, -0.05) is 27.2 Å². The Morgan fingerprint density at radius 2 is 1.91 bits per heavy atom. The molecule has 0 unspecified atom stereocenters. The van der Waals surface area contributed by atoms with Gasteiger partial charge in [-0.2, -0.15) is 0 Å². The van der Waals surface area contributed by atoms with Crippen LogP contribution in [0.4, 0.5) is 0 Å². The fraction of sp³-hybridized carbons (Fsp3) is 1.00. The molecule has 3 nitrogen and oxygen atoms in total. The molecule has 0 aromatic rings. The summed E-state index contributed by atoms with van der Waals surface area (Å²) in [4.78, 5) is 9.99. The molecule has 2 atom stereocenters. The minimum absolute atomic E-state index is 0.130. The second-order valence-corrected chi connectivity index (χ2v) is 3.07. The molecule has 0 N–H and O–H groups in total. The van der Waals surface area contributed by atoms with Crippen molar-refractivity contribution in [1.29, 1.82) is 0 Å². The number of hydrogen-bond acceptors (Lipinski definition) is 2. The van der Waals surface area contributed by atoms with Gasteiger partial charge >= 0.3 is 0 Å². The van der Waals surface area contributed by atoms with Gasteiger partial charge < -0.3 is 0 Å². The number of nitro groups is 1. The van der Waals surface area contributed by atoms with Crippen LogP contribution in [0.25, 0.3) is 0 Å². The van der Waals surface area contributed by atoms with E-state index in [-0.39, 0.29) is 17.4 Å². The Morgan fingerprint density at radius 1 is 1.36 bits per heavy atom. The smallest absolute Gasteiger partial charge is 0.206 e. The van der Waals surface area contributed by atoms with Gasteiger partial charge in [0.2, 0.25) is 6.54 Å². The van der Waals surface area contributed by atoms with E-state index in [0.717, 1.165) is 12.8 Å². The second kappa shape index (κ2) is 5.10. The summed E-state index contributed by atoms with van der Waals surface area (Å²) in [5.74, 6) is 0.736. The van der Waals surface area contributed by atoms with Crippen molar-refractivity contribution in [2.24, 2.45) is 11.8 Å². The Kier molecular flexibility index (Phi) is 4.83. The average molecular weight is 159 g/mol. The summed E-state index contributed by atoms with van der Waals surface area (Å²) in [7, 11) is 0. The van der Waals surface area contributed by atoms with E-state index in [0.29, 0.717) is 5.92 Å². The normalized spacial score (nSPS) is 15.9. The first-order valence-electron chi connectivity index (χ1n) is 4.23. The molecule has 3 heteroatoms. The van der Waals surface area contributed by atoms with Crippen LogP contribution >= 0.6 is 0 Å². The Balaban J connectivity index is 3.84. The highest BCUT2D eigenvalue weighted by molar-refractivity contribution is 4.62. The SMILES string of the molecule is CC[C@@H](C[N+](=O)[O-])[C@H](C)CC. The van der Waals surface area contributed by atoms with Crippen LogP contribution in [-0.4, -0.2) is 11.5 Å². The lowest BCUT2D eigenvalue weighted by molar-refractivity contribution is -0.490. The number of hydrogen-bond donors (Lipinski definition) is 0. The molecular formula is C8H17NO2. The van der Waals surface area contributed by atoms with Crippen molar-refractivity contribution in [1.82, 2.24) is 0 Å². The van der Waals surface area contributed by atoms with Gasteiger partial charge in [0.25, 0.3) is 0 Å². The lowest BCUT2D eigenvalue weighted by atomic mass is 9.90. The van der Waals surface area contributed by atoms with Gasteiger partial charge in [-0.3, -0.25) is 10.1 Å². The van der Waals surface area contributed by atoms with Crippen LogP contribution < -0.4 is 0 Å². The van der Waals surface area contributed by atoms with Crippen LogP contribution in [0.3, 0.4) is 0 Å². The van der Waals surface area contributed by atoms with Crippen molar-refractivity contribution in [2.75, 3.05) is 6.54 Å². The minimum Gasteiger partial charge on any atom is -0.265 e. The van der Waals surface area contributed by atoms with Crippen molar-refractivity contribution >= 4 is 0 Å². The van der Waals surface area contributed by atoms with Gasteiger partial charge in [-0.25, -0.2) is 0 Å². The lowest BCUT2D eigenvalue weighted by Gasteiger charge is -2.16. The minimum atomic E-state index is -0.208. The third kappa shape index (κ3) is 3.96. The summed E-state index contributed by atoms with van der Waals surface area (Å²) >= 11 is 0. The maximum atomic E-state index is 10.2. The zero-order valence-electron chi connectivity index (χ0n) is 7.54. The van der Waals surface area contributed by atoms with Gasteiger partial charge in [0.1, 0.15) is 0 Å². The summed E-state index contributed by atoms with van der Waals surface area (Å²) in [6, 6.07) is 0. The summed E-state index contributed by atoms with van der Waals surface area (Å²) in [6.07, 6.45) is 1.95. The zero-order chi connectivity index (χ0) is 8.85. The maximum absolute atomic E-state index is 10.2. The van der Waals surface area contributed by atoms with Gasteiger partial charge in [0.05, 0.1) is 0 Å². The lowest BCUT2D eigenvalue weighted by Crippen LogP contribution is -2.20. The molecule has 0 heterocycles. The quantitative estimate of drug-likeness (QED) is 0.456. The van der Waals surface area contributed by atoms with E-state index >= 15 is 0 Å². The third-order valence-electron chi connectivity index (χ3n) is 2.36. The Labute approximate surface area is 67.9 Å². The molecule has 0 saturated heterocycles. The Bertz CT molecular complexity index is 125. The fourth-order valence-corrected chi connectivity index (χ4v) is 1.24. The summed E-state index contributed by atoms with van der Waals surface area (Å²) in [5.41, 5.74) is 0. The first kappa shape index (κ1) is 10.4. The highest BCUT2D eigenvalue weighted by Crippen LogP contribution is 2.18. The summed E-state index contributed by atoms with van der Waals surface area (Å²) in [6.45, 7) is 6.30. The van der Waals surface area contributed by atoms with Crippen LogP contribution in [0.5, 0.6) is 0 Å². The largest absolute Gasteiger partial charge is 0.265 e. The predicted molar refractivity (Wildman–Crippen MR) is 45.1 cm³/mol. The molecule has 0 aliphatic heterocycles. The van der Waals surface area contributed by atoms with Crippen LogP contribution in [0.1, 0.15) is 33.6 Å². The third-order valence-corrected chi connectivity index (χ3v) is 2.36. The predicted octanol–water partition coefficient (Wildman–Crippen LogP) is 2.34. The van der Waals surface area contributed by atoms with Crippen LogP contribution in [-0.2, 0) is 0 Å². The fourth-order valence-electron chi connectivity index (χ4n) is 1.24. The second-order valence-electron chi connectivity index (χ2n) is 3.07. The van der Waals surface area contributed by atoms with Crippen molar-refractivity contribution in [3.63, 3.8) is 0 Å². The van der Waals surface area contributed by atoms with Crippen molar-refractivity contribution in [3.05, 3.63) is 10.1 Å². The van der Waals surface area contributed by atoms with Gasteiger partial charge in [0, 0.05) is 10.8 Å². The molecule has 0 rings (SSSR count). The molecule has 0 fully saturated rings. The average Bonchev–Trinajstić information content (AvgIpc) is 1.98. The van der Waals surface area contributed by atoms with Crippen molar-refractivity contribution < 1.29 is 4.92 Å². The Hall–Kier alpha value is -0.600. The Morgan fingerprint density at radius 3 is 2.18 bits per heavy atom. The van der Waals surface area contributed by atoms with Crippen LogP contribution in [0.2, 0.25) is 0 Å². The molecule has 11 heavy (non-hydrogen) atoms. The highest BCUT2D eigenvalue weighted by atomic mass is 16.6. The molecule has 66 valence electrons.